The molecule has 1 aliphatic rings. The minimum absolute atomic E-state index is 0.00851. The lowest BCUT2D eigenvalue weighted by atomic mass is 9.99. The summed E-state index contributed by atoms with van der Waals surface area (Å²) in [5.41, 5.74) is 0.534. The van der Waals surface area contributed by atoms with Gasteiger partial charge < -0.3 is 14.8 Å². The molecule has 0 aliphatic carbocycles. The predicted octanol–water partition coefficient (Wildman–Crippen LogP) is 6.98. The highest BCUT2D eigenvalue weighted by molar-refractivity contribution is 7.92. The smallest absolute Gasteiger partial charge is 0.261 e. The van der Waals surface area contributed by atoms with Crippen molar-refractivity contribution in [3.63, 3.8) is 0 Å². The Kier molecular flexibility index (Phi) is 7.65. The maximum atomic E-state index is 13.9. The Balaban J connectivity index is 1.36. The number of benzene rings is 4. The second kappa shape index (κ2) is 11.1. The van der Waals surface area contributed by atoms with Gasteiger partial charge in [-0.3, -0.25) is 9.52 Å². The second-order valence-electron chi connectivity index (χ2n) is 8.64. The van der Waals surface area contributed by atoms with Crippen LogP contribution in [0.1, 0.15) is 28.4 Å². The maximum Gasteiger partial charge on any atom is 0.261 e. The number of halogens is 3. The highest BCUT2D eigenvalue weighted by atomic mass is 35.5. The van der Waals surface area contributed by atoms with Gasteiger partial charge in [0, 0.05) is 17.0 Å². The molecular weight excluding hydrogens is 566 g/mol. The van der Waals surface area contributed by atoms with Crippen LogP contribution in [0.4, 0.5) is 10.1 Å². The molecule has 1 heterocycles. The van der Waals surface area contributed by atoms with E-state index in [0.717, 1.165) is 0 Å². The number of fused-ring (bicyclic) bond motifs is 1. The SMILES string of the molecule is O=C(N[C@H]1CCOc2ccc(F)cc21)c1cc(Cl)ccc1NS(=O)(=O)c1ccc(Oc2ccccc2Cl)cc1. The topological polar surface area (TPSA) is 93.7 Å². The van der Waals surface area contributed by atoms with Crippen LogP contribution in [-0.2, 0) is 10.0 Å². The zero-order valence-electron chi connectivity index (χ0n) is 20.2. The molecule has 1 aliphatic heterocycles. The summed E-state index contributed by atoms with van der Waals surface area (Å²) in [6.07, 6.45) is 0.409. The van der Waals surface area contributed by atoms with E-state index in [1.807, 2.05) is 0 Å². The van der Waals surface area contributed by atoms with Gasteiger partial charge in [-0.15, -0.1) is 0 Å². The second-order valence-corrected chi connectivity index (χ2v) is 11.2. The molecule has 11 heteroatoms. The van der Waals surface area contributed by atoms with Crippen molar-refractivity contribution < 1.29 is 27.1 Å². The number of rotatable bonds is 7. The van der Waals surface area contributed by atoms with Crippen LogP contribution in [0, 0.1) is 5.82 Å². The van der Waals surface area contributed by atoms with Gasteiger partial charge in [0.25, 0.3) is 15.9 Å². The number of hydrogen-bond acceptors (Lipinski definition) is 5. The molecule has 0 bridgehead atoms. The molecule has 5 rings (SSSR count). The maximum absolute atomic E-state index is 13.9. The van der Waals surface area contributed by atoms with Crippen molar-refractivity contribution in [3.8, 4) is 17.2 Å². The number of sulfonamides is 1. The standard InChI is InChI=1S/C28H21Cl2FN2O5S/c29-17-5-11-25(22(15-17)28(34)32-24-13-14-37-26-12-6-18(31)16-21(24)26)33-39(35,36)20-9-7-19(8-10-20)38-27-4-2-1-3-23(27)30/h1-12,15-16,24,33H,13-14H2,(H,32,34)/t24-/m0/s1. The van der Waals surface area contributed by atoms with Crippen LogP contribution in [0.15, 0.2) is 89.8 Å². The van der Waals surface area contributed by atoms with E-state index in [2.05, 4.69) is 10.0 Å². The fraction of sp³-hybridized carbons (Fsp3) is 0.107. The van der Waals surface area contributed by atoms with Crippen LogP contribution < -0.4 is 19.5 Å². The van der Waals surface area contributed by atoms with Crippen molar-refractivity contribution in [3.05, 3.63) is 112 Å². The highest BCUT2D eigenvalue weighted by Crippen LogP contribution is 2.34. The first kappa shape index (κ1) is 26.8. The van der Waals surface area contributed by atoms with Crippen LogP contribution >= 0.6 is 23.2 Å². The van der Waals surface area contributed by atoms with Crippen molar-refractivity contribution in [2.75, 3.05) is 11.3 Å². The van der Waals surface area contributed by atoms with Gasteiger partial charge in [0.05, 0.1) is 33.8 Å². The third-order valence-corrected chi connectivity index (χ3v) is 7.91. The largest absolute Gasteiger partial charge is 0.493 e. The van der Waals surface area contributed by atoms with Gasteiger partial charge in [-0.25, -0.2) is 12.8 Å². The number of amides is 1. The van der Waals surface area contributed by atoms with Crippen LogP contribution in [0.2, 0.25) is 10.0 Å². The van der Waals surface area contributed by atoms with Gasteiger partial charge in [0.1, 0.15) is 23.1 Å². The number of anilines is 1. The Hall–Kier alpha value is -3.79. The van der Waals surface area contributed by atoms with E-state index in [1.54, 1.807) is 24.3 Å². The molecule has 0 fully saturated rings. The lowest BCUT2D eigenvalue weighted by Gasteiger charge is -2.27. The molecule has 0 radical (unpaired) electrons. The van der Waals surface area contributed by atoms with Gasteiger partial charge >= 0.3 is 0 Å². The van der Waals surface area contributed by atoms with E-state index in [0.29, 0.717) is 40.9 Å². The van der Waals surface area contributed by atoms with E-state index in [-0.39, 0.29) is 21.2 Å². The summed E-state index contributed by atoms with van der Waals surface area (Å²) in [4.78, 5) is 13.2. The summed E-state index contributed by atoms with van der Waals surface area (Å²) in [7, 11) is -4.09. The fourth-order valence-electron chi connectivity index (χ4n) is 4.09. The van der Waals surface area contributed by atoms with Crippen molar-refractivity contribution in [2.45, 2.75) is 17.4 Å². The minimum Gasteiger partial charge on any atom is -0.493 e. The van der Waals surface area contributed by atoms with Gasteiger partial charge in [0.15, 0.2) is 0 Å². The lowest BCUT2D eigenvalue weighted by Crippen LogP contribution is -2.33. The molecule has 7 nitrogen and oxygen atoms in total. The van der Waals surface area contributed by atoms with E-state index >= 15 is 0 Å². The Morgan fingerprint density at radius 2 is 1.74 bits per heavy atom. The number of ether oxygens (including phenoxy) is 2. The average Bonchev–Trinajstić information content (AvgIpc) is 2.91. The number of para-hydroxylation sites is 1. The normalized spacial score (nSPS) is 14.6. The molecule has 1 atom stereocenters. The summed E-state index contributed by atoms with van der Waals surface area (Å²) in [6.45, 7) is 0.328. The van der Waals surface area contributed by atoms with Crippen LogP contribution in [-0.4, -0.2) is 20.9 Å². The molecule has 0 saturated carbocycles. The van der Waals surface area contributed by atoms with Crippen molar-refractivity contribution in [1.82, 2.24) is 5.32 Å². The monoisotopic (exact) mass is 586 g/mol. The van der Waals surface area contributed by atoms with Gasteiger partial charge in [-0.05, 0) is 72.8 Å². The molecule has 0 spiro atoms. The van der Waals surface area contributed by atoms with Crippen molar-refractivity contribution in [1.29, 1.82) is 0 Å². The predicted molar refractivity (Wildman–Crippen MR) is 147 cm³/mol. The first-order valence-corrected chi connectivity index (χ1v) is 14.0. The molecule has 0 unspecified atom stereocenters. The quantitative estimate of drug-likeness (QED) is 0.243. The third-order valence-electron chi connectivity index (χ3n) is 5.99. The summed E-state index contributed by atoms with van der Waals surface area (Å²) in [6, 6.07) is 20.4. The zero-order chi connectivity index (χ0) is 27.6. The molecule has 4 aromatic carbocycles. The Morgan fingerprint density at radius 1 is 0.974 bits per heavy atom. The highest BCUT2D eigenvalue weighted by Gasteiger charge is 2.26. The zero-order valence-corrected chi connectivity index (χ0v) is 22.5. The van der Waals surface area contributed by atoms with Crippen LogP contribution in [0.5, 0.6) is 17.2 Å². The minimum atomic E-state index is -4.09. The van der Waals surface area contributed by atoms with Crippen LogP contribution in [0.25, 0.3) is 0 Å². The molecule has 0 saturated heterocycles. The lowest BCUT2D eigenvalue weighted by molar-refractivity contribution is 0.0925. The fourth-order valence-corrected chi connectivity index (χ4v) is 5.52. The molecule has 1 amide bonds. The molecule has 4 aromatic rings. The van der Waals surface area contributed by atoms with Gasteiger partial charge in [-0.2, -0.15) is 0 Å². The molecule has 39 heavy (non-hydrogen) atoms. The third kappa shape index (κ3) is 6.11. The van der Waals surface area contributed by atoms with Crippen LogP contribution in [0.3, 0.4) is 0 Å². The Bertz CT molecular complexity index is 1650. The first-order chi connectivity index (χ1) is 18.7. The molecule has 200 valence electrons. The molecular formula is C28H21Cl2FN2O5S. The molecule has 0 aromatic heterocycles. The Morgan fingerprint density at radius 3 is 2.51 bits per heavy atom. The summed E-state index contributed by atoms with van der Waals surface area (Å²) in [5, 5.41) is 3.49. The average molecular weight is 587 g/mol. The van der Waals surface area contributed by atoms with E-state index in [1.165, 1.54) is 60.7 Å². The molecule has 2 N–H and O–H groups in total. The van der Waals surface area contributed by atoms with Gasteiger partial charge in [0.2, 0.25) is 0 Å². The van der Waals surface area contributed by atoms with E-state index < -0.39 is 27.8 Å². The first-order valence-electron chi connectivity index (χ1n) is 11.8. The van der Waals surface area contributed by atoms with Crippen molar-refractivity contribution in [2.24, 2.45) is 0 Å². The van der Waals surface area contributed by atoms with E-state index in [9.17, 15) is 17.6 Å². The van der Waals surface area contributed by atoms with Crippen molar-refractivity contribution >= 4 is 44.8 Å². The summed E-state index contributed by atoms with van der Waals surface area (Å²) >= 11 is 12.3. The van der Waals surface area contributed by atoms with E-state index in [4.69, 9.17) is 32.7 Å². The number of carbonyl (C=O) groups is 1. The van der Waals surface area contributed by atoms with Gasteiger partial charge in [-0.1, -0.05) is 35.3 Å². The summed E-state index contributed by atoms with van der Waals surface area (Å²) in [5.74, 6) is 0.252. The number of nitrogens with one attached hydrogen (secondary N) is 2. The number of hydrogen-bond donors (Lipinski definition) is 2. The number of carbonyl (C=O) groups excluding carboxylic acids is 1. The Labute approximate surface area is 234 Å². The summed E-state index contributed by atoms with van der Waals surface area (Å²) < 4.78 is 54.0.